The second-order valence-corrected chi connectivity index (χ2v) is 5.53. The SMILES string of the molecule is Fc1c(F)c(F)c(C/C=N/N(c2ccccc2)c2ccccc2)c(F)c1F. The van der Waals surface area contributed by atoms with Crippen LogP contribution in [0.2, 0.25) is 0 Å². The number of nitrogens with zero attached hydrogens (tertiary/aromatic N) is 2. The van der Waals surface area contributed by atoms with Crippen LogP contribution in [0.5, 0.6) is 0 Å². The van der Waals surface area contributed by atoms with Crippen LogP contribution < -0.4 is 5.01 Å². The molecule has 0 aliphatic rings. The van der Waals surface area contributed by atoms with Gasteiger partial charge in [-0.25, -0.2) is 27.0 Å². The zero-order chi connectivity index (χ0) is 19.4. The normalized spacial score (nSPS) is 11.1. The first-order chi connectivity index (χ1) is 13.0. The van der Waals surface area contributed by atoms with Gasteiger partial charge in [0.15, 0.2) is 23.3 Å². The monoisotopic (exact) mass is 376 g/mol. The lowest BCUT2D eigenvalue weighted by Crippen LogP contribution is -2.11. The first-order valence-corrected chi connectivity index (χ1v) is 7.93. The molecular formula is C20H13F5N2. The number of halogens is 5. The summed E-state index contributed by atoms with van der Waals surface area (Å²) in [6.07, 6.45) is 0.528. The third-order valence-electron chi connectivity index (χ3n) is 3.79. The largest absolute Gasteiger partial charge is 0.234 e. The molecule has 0 bridgehead atoms. The molecule has 0 saturated heterocycles. The second-order valence-electron chi connectivity index (χ2n) is 5.53. The van der Waals surface area contributed by atoms with E-state index in [0.717, 1.165) is 6.21 Å². The molecule has 3 aromatic carbocycles. The quantitative estimate of drug-likeness (QED) is 0.182. The van der Waals surface area contributed by atoms with Crippen molar-refractivity contribution in [2.24, 2.45) is 5.10 Å². The minimum Gasteiger partial charge on any atom is -0.234 e. The molecule has 0 amide bonds. The highest BCUT2D eigenvalue weighted by Gasteiger charge is 2.25. The molecule has 0 radical (unpaired) electrons. The number of anilines is 2. The Bertz CT molecular complexity index is 891. The van der Waals surface area contributed by atoms with Crippen molar-refractivity contribution in [2.45, 2.75) is 6.42 Å². The zero-order valence-corrected chi connectivity index (χ0v) is 13.8. The highest BCUT2D eigenvalue weighted by Crippen LogP contribution is 2.26. The minimum atomic E-state index is -2.18. The maximum Gasteiger partial charge on any atom is 0.200 e. The van der Waals surface area contributed by atoms with E-state index in [9.17, 15) is 22.0 Å². The fourth-order valence-electron chi connectivity index (χ4n) is 2.46. The van der Waals surface area contributed by atoms with E-state index < -0.39 is 41.1 Å². The topological polar surface area (TPSA) is 15.6 Å². The number of rotatable bonds is 5. The summed E-state index contributed by atoms with van der Waals surface area (Å²) in [5, 5.41) is 5.65. The molecule has 0 N–H and O–H groups in total. The van der Waals surface area contributed by atoms with Crippen LogP contribution in [-0.4, -0.2) is 6.21 Å². The first kappa shape index (κ1) is 18.6. The Morgan fingerprint density at radius 2 is 1.04 bits per heavy atom. The summed E-state index contributed by atoms with van der Waals surface area (Å²) in [7, 11) is 0. The van der Waals surface area contributed by atoms with E-state index in [1.807, 2.05) is 12.1 Å². The molecule has 0 heterocycles. The molecule has 7 heteroatoms. The number of hydrogen-bond acceptors (Lipinski definition) is 2. The van der Waals surface area contributed by atoms with Crippen LogP contribution in [0.25, 0.3) is 0 Å². The van der Waals surface area contributed by atoms with Crippen LogP contribution in [0.4, 0.5) is 33.3 Å². The minimum absolute atomic E-state index is 0.568. The predicted molar refractivity (Wildman–Crippen MR) is 93.5 cm³/mol. The van der Waals surface area contributed by atoms with E-state index in [4.69, 9.17) is 0 Å². The average molecular weight is 376 g/mol. The van der Waals surface area contributed by atoms with E-state index in [1.54, 1.807) is 48.5 Å². The Kier molecular flexibility index (Phi) is 5.49. The first-order valence-electron chi connectivity index (χ1n) is 7.93. The van der Waals surface area contributed by atoms with Crippen molar-refractivity contribution in [1.82, 2.24) is 0 Å². The van der Waals surface area contributed by atoms with Gasteiger partial charge in [-0.05, 0) is 24.3 Å². The van der Waals surface area contributed by atoms with E-state index in [-0.39, 0.29) is 0 Å². The van der Waals surface area contributed by atoms with Crippen molar-refractivity contribution in [3.8, 4) is 0 Å². The maximum absolute atomic E-state index is 13.8. The van der Waals surface area contributed by atoms with E-state index in [2.05, 4.69) is 5.10 Å². The number of hydrogen-bond donors (Lipinski definition) is 0. The van der Waals surface area contributed by atoms with E-state index in [0.29, 0.717) is 11.4 Å². The summed E-state index contributed by atoms with van der Waals surface area (Å²) >= 11 is 0. The molecule has 0 unspecified atom stereocenters. The van der Waals surface area contributed by atoms with E-state index in [1.165, 1.54) is 5.01 Å². The highest BCUT2D eigenvalue weighted by atomic mass is 19.2. The fraction of sp³-hybridized carbons (Fsp3) is 0.0500. The molecule has 27 heavy (non-hydrogen) atoms. The van der Waals surface area contributed by atoms with Gasteiger partial charge in [0, 0.05) is 18.2 Å². The summed E-state index contributed by atoms with van der Waals surface area (Å²) in [6.45, 7) is 0. The third-order valence-corrected chi connectivity index (χ3v) is 3.79. The Morgan fingerprint density at radius 1 is 0.630 bits per heavy atom. The lowest BCUT2D eigenvalue weighted by Gasteiger charge is -2.19. The maximum atomic E-state index is 13.8. The average Bonchev–Trinajstić information content (AvgIpc) is 2.71. The lowest BCUT2D eigenvalue weighted by molar-refractivity contribution is 0.372. The molecular weight excluding hydrogens is 363 g/mol. The fourth-order valence-corrected chi connectivity index (χ4v) is 2.46. The summed E-state index contributed by atoms with van der Waals surface area (Å²) < 4.78 is 67.3. The van der Waals surface area contributed by atoms with Crippen molar-refractivity contribution in [3.63, 3.8) is 0 Å². The smallest absolute Gasteiger partial charge is 0.200 e. The van der Waals surface area contributed by atoms with Gasteiger partial charge in [0.2, 0.25) is 5.82 Å². The molecule has 0 atom stereocenters. The Morgan fingerprint density at radius 3 is 1.48 bits per heavy atom. The highest BCUT2D eigenvalue weighted by molar-refractivity contribution is 5.69. The predicted octanol–water partition coefficient (Wildman–Crippen LogP) is 5.75. The van der Waals surface area contributed by atoms with Gasteiger partial charge in [-0.1, -0.05) is 36.4 Å². The van der Waals surface area contributed by atoms with Gasteiger partial charge in [0.1, 0.15) is 0 Å². The Hall–Kier alpha value is -3.22. The van der Waals surface area contributed by atoms with Gasteiger partial charge in [-0.2, -0.15) is 5.10 Å². The van der Waals surface area contributed by atoms with Gasteiger partial charge in [0.05, 0.1) is 11.4 Å². The number of para-hydroxylation sites is 2. The van der Waals surface area contributed by atoms with Crippen molar-refractivity contribution in [3.05, 3.63) is 95.3 Å². The molecule has 0 aliphatic heterocycles. The summed E-state index contributed by atoms with van der Waals surface area (Å²) in [5.41, 5.74) is 0.394. The van der Waals surface area contributed by atoms with Crippen molar-refractivity contribution < 1.29 is 22.0 Å². The third kappa shape index (κ3) is 3.81. The van der Waals surface area contributed by atoms with Gasteiger partial charge < -0.3 is 0 Å². The lowest BCUT2D eigenvalue weighted by atomic mass is 10.1. The molecule has 0 aromatic heterocycles. The Balaban J connectivity index is 1.93. The van der Waals surface area contributed by atoms with E-state index >= 15 is 0 Å². The molecule has 3 aromatic rings. The van der Waals surface area contributed by atoms with Gasteiger partial charge in [0.25, 0.3) is 0 Å². The Labute approximate surface area is 152 Å². The summed E-state index contributed by atoms with van der Waals surface area (Å²) in [6, 6.07) is 17.8. The van der Waals surface area contributed by atoms with Crippen LogP contribution in [0.1, 0.15) is 5.56 Å². The van der Waals surface area contributed by atoms with Crippen LogP contribution in [-0.2, 0) is 6.42 Å². The van der Waals surface area contributed by atoms with Gasteiger partial charge in [-0.15, -0.1) is 0 Å². The molecule has 138 valence electrons. The standard InChI is InChI=1S/C20H13F5N2/c21-16-15(17(22)19(24)20(25)18(16)23)11-12-26-27(13-7-3-1-4-8-13)14-9-5-2-6-10-14/h1-10,12H,11H2/b26-12+. The number of hydrazone groups is 1. The van der Waals surface area contributed by atoms with Gasteiger partial charge >= 0.3 is 0 Å². The van der Waals surface area contributed by atoms with Crippen molar-refractivity contribution >= 4 is 17.6 Å². The zero-order valence-electron chi connectivity index (χ0n) is 13.8. The van der Waals surface area contributed by atoms with Crippen molar-refractivity contribution in [2.75, 3.05) is 5.01 Å². The van der Waals surface area contributed by atoms with Crippen LogP contribution in [0.15, 0.2) is 65.8 Å². The molecule has 0 spiro atoms. The molecule has 3 rings (SSSR count). The molecule has 0 saturated carbocycles. The molecule has 0 aliphatic carbocycles. The van der Waals surface area contributed by atoms with Gasteiger partial charge in [-0.3, -0.25) is 0 Å². The molecule has 2 nitrogen and oxygen atoms in total. The number of benzene rings is 3. The molecule has 0 fully saturated rings. The van der Waals surface area contributed by atoms with Crippen LogP contribution in [0, 0.1) is 29.1 Å². The second kappa shape index (κ2) is 7.99. The van der Waals surface area contributed by atoms with Crippen LogP contribution in [0.3, 0.4) is 0 Å². The van der Waals surface area contributed by atoms with Crippen LogP contribution >= 0.6 is 0 Å². The summed E-state index contributed by atoms with van der Waals surface area (Å²) in [4.78, 5) is 0. The summed E-state index contributed by atoms with van der Waals surface area (Å²) in [5.74, 6) is -9.84. The van der Waals surface area contributed by atoms with Crippen molar-refractivity contribution in [1.29, 1.82) is 0 Å².